The van der Waals surface area contributed by atoms with Crippen LogP contribution in [0, 0.1) is 10.1 Å². The lowest BCUT2D eigenvalue weighted by atomic mass is 10.3. The van der Waals surface area contributed by atoms with E-state index in [0.717, 1.165) is 13.0 Å². The van der Waals surface area contributed by atoms with Gasteiger partial charge in [-0.25, -0.2) is 4.98 Å². The fourth-order valence-electron chi connectivity index (χ4n) is 1.67. The molecule has 0 aliphatic heterocycles. The molecule has 2 rings (SSSR count). The lowest BCUT2D eigenvalue weighted by molar-refractivity contribution is -0.384. The molecule has 0 spiro atoms. The summed E-state index contributed by atoms with van der Waals surface area (Å²) in [5.74, 6) is 0.799. The van der Waals surface area contributed by atoms with Crippen molar-refractivity contribution in [2.75, 3.05) is 17.2 Å². The van der Waals surface area contributed by atoms with E-state index in [4.69, 9.17) is 0 Å². The Balaban J connectivity index is 2.28. The van der Waals surface area contributed by atoms with Gasteiger partial charge in [-0.15, -0.1) is 0 Å². The summed E-state index contributed by atoms with van der Waals surface area (Å²) in [5, 5.41) is 21.0. The standard InChI is InChI=1S/C12H16N6O2/c1-3-6-13-11-5-4-10(18(19)20)12(16-11)15-9-7-14-17(2)8-9/h4-5,7-8H,3,6H2,1-2H3,(H2,13,15,16). The molecule has 0 saturated carbocycles. The lowest BCUT2D eigenvalue weighted by Crippen LogP contribution is -2.05. The van der Waals surface area contributed by atoms with Crippen molar-refractivity contribution in [2.45, 2.75) is 13.3 Å². The maximum absolute atomic E-state index is 11.0. The van der Waals surface area contributed by atoms with Crippen LogP contribution in [-0.2, 0) is 7.05 Å². The van der Waals surface area contributed by atoms with Gasteiger partial charge in [0, 0.05) is 25.9 Å². The van der Waals surface area contributed by atoms with Gasteiger partial charge < -0.3 is 10.6 Å². The van der Waals surface area contributed by atoms with Gasteiger partial charge in [-0.3, -0.25) is 14.8 Å². The van der Waals surface area contributed by atoms with Crippen LogP contribution in [0.1, 0.15) is 13.3 Å². The minimum Gasteiger partial charge on any atom is -0.370 e. The van der Waals surface area contributed by atoms with Crippen molar-refractivity contribution in [3.05, 3.63) is 34.6 Å². The molecular formula is C12H16N6O2. The monoisotopic (exact) mass is 276 g/mol. The number of nitrogens with one attached hydrogen (secondary N) is 2. The highest BCUT2D eigenvalue weighted by atomic mass is 16.6. The average molecular weight is 276 g/mol. The molecule has 0 bridgehead atoms. The molecule has 8 nitrogen and oxygen atoms in total. The zero-order valence-corrected chi connectivity index (χ0v) is 11.3. The summed E-state index contributed by atoms with van der Waals surface area (Å²) < 4.78 is 1.60. The number of hydrogen-bond donors (Lipinski definition) is 2. The predicted octanol–water partition coefficient (Wildman–Crippen LogP) is 2.29. The second-order valence-corrected chi connectivity index (χ2v) is 4.28. The smallest absolute Gasteiger partial charge is 0.311 e. The number of aryl methyl sites for hydroxylation is 1. The Labute approximate surface area is 116 Å². The number of hydrogen-bond acceptors (Lipinski definition) is 6. The highest BCUT2D eigenvalue weighted by Crippen LogP contribution is 2.26. The second kappa shape index (κ2) is 6.00. The molecule has 106 valence electrons. The lowest BCUT2D eigenvalue weighted by Gasteiger charge is -2.08. The Morgan fingerprint density at radius 1 is 1.45 bits per heavy atom. The molecule has 0 radical (unpaired) electrons. The number of anilines is 3. The third kappa shape index (κ3) is 3.22. The van der Waals surface area contributed by atoms with Crippen LogP contribution < -0.4 is 10.6 Å². The molecule has 2 aromatic heterocycles. The van der Waals surface area contributed by atoms with E-state index >= 15 is 0 Å². The largest absolute Gasteiger partial charge is 0.370 e. The molecular weight excluding hydrogens is 260 g/mol. The highest BCUT2D eigenvalue weighted by Gasteiger charge is 2.16. The molecule has 0 unspecified atom stereocenters. The van der Waals surface area contributed by atoms with Gasteiger partial charge in [0.2, 0.25) is 5.82 Å². The van der Waals surface area contributed by atoms with Crippen molar-refractivity contribution < 1.29 is 4.92 Å². The van der Waals surface area contributed by atoms with Crippen molar-refractivity contribution in [1.82, 2.24) is 14.8 Å². The number of rotatable bonds is 6. The van der Waals surface area contributed by atoms with Crippen molar-refractivity contribution >= 4 is 23.0 Å². The van der Waals surface area contributed by atoms with Crippen molar-refractivity contribution in [2.24, 2.45) is 7.05 Å². The molecule has 0 aliphatic rings. The zero-order chi connectivity index (χ0) is 14.5. The molecule has 0 atom stereocenters. The van der Waals surface area contributed by atoms with Gasteiger partial charge in [0.15, 0.2) is 0 Å². The minimum atomic E-state index is -0.463. The number of nitrogens with zero attached hydrogens (tertiary/aromatic N) is 4. The molecule has 0 aliphatic carbocycles. The molecule has 20 heavy (non-hydrogen) atoms. The normalized spacial score (nSPS) is 10.3. The molecule has 0 aromatic carbocycles. The first kappa shape index (κ1) is 13.8. The maximum Gasteiger partial charge on any atom is 0.311 e. The minimum absolute atomic E-state index is 0.0732. The van der Waals surface area contributed by atoms with E-state index in [1.165, 1.54) is 6.07 Å². The molecule has 0 amide bonds. The predicted molar refractivity (Wildman–Crippen MR) is 76.2 cm³/mol. The molecule has 2 aromatic rings. The first-order valence-corrected chi connectivity index (χ1v) is 6.25. The third-order valence-electron chi connectivity index (χ3n) is 2.59. The SMILES string of the molecule is CCCNc1ccc([N+](=O)[O-])c(Nc2cnn(C)c2)n1. The Bertz CT molecular complexity index is 610. The molecule has 0 fully saturated rings. The second-order valence-electron chi connectivity index (χ2n) is 4.28. The van der Waals surface area contributed by atoms with E-state index in [1.807, 2.05) is 6.92 Å². The van der Waals surface area contributed by atoms with Gasteiger partial charge in [0.25, 0.3) is 0 Å². The summed E-state index contributed by atoms with van der Waals surface area (Å²) in [6.07, 6.45) is 4.25. The molecule has 8 heteroatoms. The summed E-state index contributed by atoms with van der Waals surface area (Å²) in [5.41, 5.74) is 0.576. The van der Waals surface area contributed by atoms with E-state index < -0.39 is 4.92 Å². The zero-order valence-electron chi connectivity index (χ0n) is 11.3. The van der Waals surface area contributed by atoms with Gasteiger partial charge in [-0.1, -0.05) is 6.92 Å². The fourth-order valence-corrected chi connectivity index (χ4v) is 1.67. The number of pyridine rings is 1. The van der Waals surface area contributed by atoms with Crippen LogP contribution in [0.15, 0.2) is 24.5 Å². The van der Waals surface area contributed by atoms with E-state index in [1.54, 1.807) is 30.2 Å². The van der Waals surface area contributed by atoms with Gasteiger partial charge in [-0.05, 0) is 12.5 Å². The Kier molecular flexibility index (Phi) is 4.14. The number of nitro groups is 1. The summed E-state index contributed by atoms with van der Waals surface area (Å²) in [6.45, 7) is 2.80. The highest BCUT2D eigenvalue weighted by molar-refractivity contribution is 5.66. The summed E-state index contributed by atoms with van der Waals surface area (Å²) in [4.78, 5) is 14.8. The van der Waals surface area contributed by atoms with Crippen LogP contribution in [0.2, 0.25) is 0 Å². The van der Waals surface area contributed by atoms with Crippen LogP contribution in [0.25, 0.3) is 0 Å². The Morgan fingerprint density at radius 3 is 2.85 bits per heavy atom. The Morgan fingerprint density at radius 2 is 2.25 bits per heavy atom. The average Bonchev–Trinajstić information content (AvgIpc) is 2.81. The topological polar surface area (TPSA) is 97.9 Å². The Hall–Kier alpha value is -2.64. The van der Waals surface area contributed by atoms with E-state index in [0.29, 0.717) is 11.5 Å². The van der Waals surface area contributed by atoms with Gasteiger partial charge in [0.05, 0.1) is 16.8 Å². The molecule has 2 heterocycles. The van der Waals surface area contributed by atoms with Crippen molar-refractivity contribution in [3.63, 3.8) is 0 Å². The first-order valence-electron chi connectivity index (χ1n) is 6.25. The van der Waals surface area contributed by atoms with Gasteiger partial charge in [-0.2, -0.15) is 5.10 Å². The van der Waals surface area contributed by atoms with E-state index in [-0.39, 0.29) is 11.5 Å². The molecule has 0 saturated heterocycles. The van der Waals surface area contributed by atoms with Crippen LogP contribution in [0.5, 0.6) is 0 Å². The van der Waals surface area contributed by atoms with Crippen LogP contribution in [0.4, 0.5) is 23.0 Å². The van der Waals surface area contributed by atoms with Gasteiger partial charge in [0.1, 0.15) is 5.82 Å². The van der Waals surface area contributed by atoms with Crippen LogP contribution >= 0.6 is 0 Å². The fraction of sp³-hybridized carbons (Fsp3) is 0.333. The summed E-state index contributed by atoms with van der Waals surface area (Å²) >= 11 is 0. The van der Waals surface area contributed by atoms with Crippen molar-refractivity contribution in [3.8, 4) is 0 Å². The van der Waals surface area contributed by atoms with Crippen LogP contribution in [-0.4, -0.2) is 26.2 Å². The first-order chi connectivity index (χ1) is 9.60. The summed E-state index contributed by atoms with van der Waals surface area (Å²) in [7, 11) is 1.77. The van der Waals surface area contributed by atoms with Crippen LogP contribution in [0.3, 0.4) is 0 Å². The van der Waals surface area contributed by atoms with Crippen molar-refractivity contribution in [1.29, 1.82) is 0 Å². The summed E-state index contributed by atoms with van der Waals surface area (Å²) in [6, 6.07) is 3.03. The number of aromatic nitrogens is 3. The quantitative estimate of drug-likeness (QED) is 0.620. The maximum atomic E-state index is 11.0. The third-order valence-corrected chi connectivity index (χ3v) is 2.59. The van der Waals surface area contributed by atoms with E-state index in [9.17, 15) is 10.1 Å². The van der Waals surface area contributed by atoms with Gasteiger partial charge >= 0.3 is 5.69 Å². The van der Waals surface area contributed by atoms with E-state index in [2.05, 4.69) is 20.7 Å². The molecule has 2 N–H and O–H groups in total.